The molecule has 0 saturated carbocycles. The Balaban J connectivity index is 1.68. The molecule has 7 heteroatoms. The van der Waals surface area contributed by atoms with Crippen LogP contribution in [0.1, 0.15) is 39.9 Å². The van der Waals surface area contributed by atoms with E-state index in [9.17, 15) is 4.79 Å². The summed E-state index contributed by atoms with van der Waals surface area (Å²) in [6.45, 7) is 6.44. The van der Waals surface area contributed by atoms with Gasteiger partial charge in [-0.3, -0.25) is 0 Å². The number of aromatic nitrogens is 2. The second-order valence-corrected chi connectivity index (χ2v) is 6.72. The molecule has 6 nitrogen and oxygen atoms in total. The Morgan fingerprint density at radius 3 is 2.81 bits per heavy atom. The monoisotopic (exact) mass is 372 g/mol. The van der Waals surface area contributed by atoms with Crippen LogP contribution in [0.2, 0.25) is 0 Å². The van der Waals surface area contributed by atoms with Gasteiger partial charge in [0.1, 0.15) is 10.6 Å². The third kappa shape index (κ3) is 3.94. The second kappa shape index (κ2) is 8.14. The smallest absolute Gasteiger partial charge is 0.348 e. The molecule has 0 aliphatic carbocycles. The lowest BCUT2D eigenvalue weighted by Gasteiger charge is -2.06. The van der Waals surface area contributed by atoms with E-state index in [-0.39, 0.29) is 18.5 Å². The highest BCUT2D eigenvalue weighted by Gasteiger charge is 2.17. The second-order valence-electron chi connectivity index (χ2n) is 5.59. The number of hydrogen-bond donors (Lipinski definition) is 0. The molecule has 0 aliphatic rings. The molecule has 0 amide bonds. The molecule has 0 N–H and O–H groups in total. The zero-order valence-electron chi connectivity index (χ0n) is 14.9. The van der Waals surface area contributed by atoms with Crippen LogP contribution in [-0.4, -0.2) is 22.7 Å². The van der Waals surface area contributed by atoms with E-state index in [0.29, 0.717) is 23.1 Å². The van der Waals surface area contributed by atoms with Gasteiger partial charge in [-0.15, -0.1) is 11.3 Å². The molecule has 0 bridgehead atoms. The lowest BCUT2D eigenvalue weighted by molar-refractivity contribution is 0.0435. The van der Waals surface area contributed by atoms with Gasteiger partial charge in [0.15, 0.2) is 6.61 Å². The largest absolute Gasteiger partial charge is 0.493 e. The molecule has 2 aromatic heterocycles. The maximum Gasteiger partial charge on any atom is 0.348 e. The van der Waals surface area contributed by atoms with Crippen molar-refractivity contribution in [3.05, 3.63) is 51.5 Å². The first-order chi connectivity index (χ1) is 12.6. The topological polar surface area (TPSA) is 74.5 Å². The van der Waals surface area contributed by atoms with Crippen LogP contribution in [-0.2, 0) is 17.8 Å². The third-order valence-corrected chi connectivity index (χ3v) is 5.13. The Hall–Kier alpha value is -2.67. The molecule has 26 heavy (non-hydrogen) atoms. The SMILES string of the molecule is CCOc1ccccc1-c1noc(COC(=O)c2cc(C)c(CC)s2)n1. The van der Waals surface area contributed by atoms with Crippen LogP contribution in [0.15, 0.2) is 34.9 Å². The molecule has 1 aromatic carbocycles. The van der Waals surface area contributed by atoms with E-state index >= 15 is 0 Å². The normalized spacial score (nSPS) is 10.7. The summed E-state index contributed by atoms with van der Waals surface area (Å²) < 4.78 is 16.1. The quantitative estimate of drug-likeness (QED) is 0.571. The minimum absolute atomic E-state index is 0.0684. The Morgan fingerprint density at radius 1 is 1.27 bits per heavy atom. The number of ether oxygens (including phenoxy) is 2. The van der Waals surface area contributed by atoms with Crippen LogP contribution >= 0.6 is 11.3 Å². The van der Waals surface area contributed by atoms with Gasteiger partial charge < -0.3 is 14.0 Å². The molecule has 0 unspecified atom stereocenters. The van der Waals surface area contributed by atoms with Crippen LogP contribution in [0.25, 0.3) is 11.4 Å². The first-order valence-corrected chi connectivity index (χ1v) is 9.25. The van der Waals surface area contributed by atoms with Crippen molar-refractivity contribution in [2.24, 2.45) is 0 Å². The molecule has 0 spiro atoms. The van der Waals surface area contributed by atoms with Gasteiger partial charge in [0.05, 0.1) is 12.2 Å². The van der Waals surface area contributed by atoms with Crippen molar-refractivity contribution < 1.29 is 18.8 Å². The molecule has 2 heterocycles. The number of aryl methyl sites for hydroxylation is 2. The number of rotatable bonds is 7. The minimum atomic E-state index is -0.382. The molecular formula is C19H20N2O4S. The average molecular weight is 372 g/mol. The Labute approximate surface area is 155 Å². The summed E-state index contributed by atoms with van der Waals surface area (Å²) in [6, 6.07) is 9.30. The summed E-state index contributed by atoms with van der Waals surface area (Å²) in [6.07, 6.45) is 0.899. The molecule has 0 fully saturated rings. The van der Waals surface area contributed by atoms with Crippen LogP contribution in [0.4, 0.5) is 0 Å². The number of carbonyl (C=O) groups excluding carboxylic acids is 1. The molecule has 0 radical (unpaired) electrons. The summed E-state index contributed by atoms with van der Waals surface area (Å²) in [5.41, 5.74) is 1.84. The van der Waals surface area contributed by atoms with Crippen molar-refractivity contribution in [2.45, 2.75) is 33.8 Å². The molecule has 3 aromatic rings. The predicted molar refractivity (Wildman–Crippen MR) is 98.5 cm³/mol. The molecule has 136 valence electrons. The molecule has 3 rings (SSSR count). The van der Waals surface area contributed by atoms with E-state index in [1.54, 1.807) is 0 Å². The van der Waals surface area contributed by atoms with Crippen molar-refractivity contribution in [3.63, 3.8) is 0 Å². The Bertz CT molecular complexity index is 901. The average Bonchev–Trinajstić information content (AvgIpc) is 3.27. The Morgan fingerprint density at radius 2 is 2.08 bits per heavy atom. The lowest BCUT2D eigenvalue weighted by atomic mass is 10.2. The van der Waals surface area contributed by atoms with E-state index in [1.807, 2.05) is 44.2 Å². The van der Waals surface area contributed by atoms with Crippen LogP contribution in [0.5, 0.6) is 5.75 Å². The first-order valence-electron chi connectivity index (χ1n) is 8.43. The number of hydrogen-bond acceptors (Lipinski definition) is 7. The number of para-hydroxylation sites is 1. The van der Waals surface area contributed by atoms with E-state index in [0.717, 1.165) is 17.5 Å². The number of benzene rings is 1. The van der Waals surface area contributed by atoms with Gasteiger partial charge in [0.2, 0.25) is 5.82 Å². The molecule has 0 saturated heterocycles. The number of nitrogens with zero attached hydrogens (tertiary/aromatic N) is 2. The van der Waals surface area contributed by atoms with Crippen molar-refractivity contribution in [1.29, 1.82) is 0 Å². The third-order valence-electron chi connectivity index (χ3n) is 3.77. The number of carbonyl (C=O) groups is 1. The fourth-order valence-corrected chi connectivity index (χ4v) is 3.53. The van der Waals surface area contributed by atoms with Gasteiger partial charge >= 0.3 is 5.97 Å². The van der Waals surface area contributed by atoms with E-state index in [4.69, 9.17) is 14.0 Å². The zero-order chi connectivity index (χ0) is 18.5. The fraction of sp³-hybridized carbons (Fsp3) is 0.316. The highest BCUT2D eigenvalue weighted by atomic mass is 32.1. The highest BCUT2D eigenvalue weighted by molar-refractivity contribution is 7.14. The summed E-state index contributed by atoms with van der Waals surface area (Å²) >= 11 is 1.45. The van der Waals surface area contributed by atoms with E-state index in [2.05, 4.69) is 17.1 Å². The van der Waals surface area contributed by atoms with Crippen molar-refractivity contribution in [1.82, 2.24) is 10.1 Å². The molecular weight excluding hydrogens is 352 g/mol. The van der Waals surface area contributed by atoms with Gasteiger partial charge in [-0.05, 0) is 44.0 Å². The first kappa shape index (κ1) is 18.1. The maximum absolute atomic E-state index is 12.2. The van der Waals surface area contributed by atoms with Crippen molar-refractivity contribution >= 4 is 17.3 Å². The maximum atomic E-state index is 12.2. The summed E-state index contributed by atoms with van der Waals surface area (Å²) in [5, 5.41) is 3.96. The van der Waals surface area contributed by atoms with Gasteiger partial charge in [-0.25, -0.2) is 4.79 Å². The standard InChI is InChI=1S/C19H20N2O4S/c1-4-15-12(3)10-16(26-15)19(22)24-11-17-20-18(21-25-17)13-8-6-7-9-14(13)23-5-2/h6-10H,4-5,11H2,1-3H3. The summed E-state index contributed by atoms with van der Waals surface area (Å²) in [5.74, 6) is 0.941. The van der Waals surface area contributed by atoms with E-state index in [1.165, 1.54) is 16.2 Å². The van der Waals surface area contributed by atoms with Gasteiger partial charge in [-0.1, -0.05) is 24.2 Å². The Kier molecular flexibility index (Phi) is 5.68. The lowest BCUT2D eigenvalue weighted by Crippen LogP contribution is -2.03. The van der Waals surface area contributed by atoms with Crippen LogP contribution in [0.3, 0.4) is 0 Å². The van der Waals surface area contributed by atoms with Crippen molar-refractivity contribution in [3.8, 4) is 17.1 Å². The summed E-state index contributed by atoms with van der Waals surface area (Å²) in [4.78, 5) is 18.3. The van der Waals surface area contributed by atoms with E-state index < -0.39 is 0 Å². The number of esters is 1. The fourth-order valence-electron chi connectivity index (χ4n) is 2.53. The zero-order valence-corrected chi connectivity index (χ0v) is 15.8. The number of thiophene rings is 1. The van der Waals surface area contributed by atoms with Gasteiger partial charge in [0.25, 0.3) is 5.89 Å². The molecule has 0 aliphatic heterocycles. The molecule has 0 atom stereocenters. The van der Waals surface area contributed by atoms with Crippen LogP contribution < -0.4 is 4.74 Å². The minimum Gasteiger partial charge on any atom is -0.493 e. The highest BCUT2D eigenvalue weighted by Crippen LogP contribution is 2.28. The van der Waals surface area contributed by atoms with Gasteiger partial charge in [-0.2, -0.15) is 4.98 Å². The van der Waals surface area contributed by atoms with Crippen LogP contribution in [0, 0.1) is 6.92 Å². The van der Waals surface area contributed by atoms with Gasteiger partial charge in [0, 0.05) is 4.88 Å². The summed E-state index contributed by atoms with van der Waals surface area (Å²) in [7, 11) is 0. The van der Waals surface area contributed by atoms with Crippen molar-refractivity contribution in [2.75, 3.05) is 6.61 Å². The predicted octanol–water partition coefficient (Wildman–Crippen LogP) is 4.42.